The number of nitrogens with zero attached hydrogens (tertiary/aromatic N) is 2. The first-order chi connectivity index (χ1) is 9.72. The maximum Gasteiger partial charge on any atom is 0.272 e. The Balaban J connectivity index is 1.64. The predicted octanol–water partition coefficient (Wildman–Crippen LogP) is 2.25. The van der Waals surface area contributed by atoms with Gasteiger partial charge in [-0.1, -0.05) is 23.7 Å². The van der Waals surface area contributed by atoms with Crippen molar-refractivity contribution < 1.29 is 9.53 Å². The second-order valence-corrected chi connectivity index (χ2v) is 5.04. The second kappa shape index (κ2) is 5.54. The van der Waals surface area contributed by atoms with Gasteiger partial charge in [0.25, 0.3) is 5.91 Å². The number of hydrogen-bond donors (Lipinski definition) is 1. The number of carbonyl (C=O) groups is 1. The number of halogens is 1. The smallest absolute Gasteiger partial charge is 0.272 e. The Morgan fingerprint density at radius 2 is 2.20 bits per heavy atom. The minimum Gasteiger partial charge on any atom is -0.478 e. The molecule has 0 saturated carbocycles. The van der Waals surface area contributed by atoms with Gasteiger partial charge in [0.05, 0.1) is 6.61 Å². The fourth-order valence-corrected chi connectivity index (χ4v) is 2.18. The summed E-state index contributed by atoms with van der Waals surface area (Å²) in [6.45, 7) is 1.91. The van der Waals surface area contributed by atoms with Crippen LogP contribution >= 0.6 is 11.6 Å². The molecule has 1 amide bonds. The molecular weight excluding hydrogens is 278 g/mol. The van der Waals surface area contributed by atoms with Crippen molar-refractivity contribution in [3.63, 3.8) is 0 Å². The molecule has 0 fully saturated rings. The van der Waals surface area contributed by atoms with E-state index in [1.807, 2.05) is 12.1 Å². The number of aromatic nitrogens is 2. The summed E-state index contributed by atoms with van der Waals surface area (Å²) in [4.78, 5) is 12.0. The number of aryl methyl sites for hydroxylation is 1. The largest absolute Gasteiger partial charge is 0.478 e. The molecule has 0 bridgehead atoms. The molecule has 3 rings (SSSR count). The molecule has 1 aliphatic rings. The van der Waals surface area contributed by atoms with Crippen LogP contribution in [-0.2, 0) is 13.1 Å². The Hall–Kier alpha value is -2.01. The molecule has 0 unspecified atom stereocenters. The third kappa shape index (κ3) is 2.77. The van der Waals surface area contributed by atoms with Crippen LogP contribution in [0.3, 0.4) is 0 Å². The Morgan fingerprint density at radius 3 is 2.95 bits per heavy atom. The highest BCUT2D eigenvalue weighted by Gasteiger charge is 2.17. The predicted molar refractivity (Wildman–Crippen MR) is 75.0 cm³/mol. The summed E-state index contributed by atoms with van der Waals surface area (Å²) >= 11 is 5.81. The van der Waals surface area contributed by atoms with Crippen molar-refractivity contribution in [3.8, 4) is 5.88 Å². The summed E-state index contributed by atoms with van der Waals surface area (Å²) in [6.07, 6.45) is 0.917. The van der Waals surface area contributed by atoms with Gasteiger partial charge in [-0.25, -0.2) is 4.68 Å². The standard InChI is InChI=1S/C14H14ClN3O2/c15-11-4-2-10(3-5-11)9-16-14(19)12-8-13-18(17-12)6-1-7-20-13/h2-5,8H,1,6-7,9H2,(H,16,19). The summed E-state index contributed by atoms with van der Waals surface area (Å²) in [5, 5.41) is 7.75. The van der Waals surface area contributed by atoms with Crippen molar-refractivity contribution in [2.45, 2.75) is 19.5 Å². The fraction of sp³-hybridized carbons (Fsp3) is 0.286. The van der Waals surface area contributed by atoms with Crippen LogP contribution in [0.15, 0.2) is 30.3 Å². The van der Waals surface area contributed by atoms with E-state index in [9.17, 15) is 4.79 Å². The topological polar surface area (TPSA) is 56.2 Å². The molecular formula is C14H14ClN3O2. The van der Waals surface area contributed by atoms with E-state index in [1.54, 1.807) is 22.9 Å². The normalized spacial score (nSPS) is 13.4. The van der Waals surface area contributed by atoms with Crippen molar-refractivity contribution in [1.29, 1.82) is 0 Å². The van der Waals surface area contributed by atoms with Gasteiger partial charge in [0.1, 0.15) is 0 Å². The van der Waals surface area contributed by atoms with E-state index in [2.05, 4.69) is 10.4 Å². The van der Waals surface area contributed by atoms with Gasteiger partial charge in [-0.2, -0.15) is 5.10 Å². The number of fused-ring (bicyclic) bond motifs is 1. The lowest BCUT2D eigenvalue weighted by Gasteiger charge is -2.13. The maximum atomic E-state index is 12.0. The third-order valence-electron chi connectivity index (χ3n) is 3.11. The molecule has 20 heavy (non-hydrogen) atoms. The highest BCUT2D eigenvalue weighted by Crippen LogP contribution is 2.18. The first-order valence-electron chi connectivity index (χ1n) is 6.46. The molecule has 104 valence electrons. The molecule has 1 aromatic heterocycles. The maximum absolute atomic E-state index is 12.0. The zero-order valence-electron chi connectivity index (χ0n) is 10.8. The molecule has 1 aliphatic heterocycles. The van der Waals surface area contributed by atoms with Crippen LogP contribution in [0.5, 0.6) is 5.88 Å². The second-order valence-electron chi connectivity index (χ2n) is 4.60. The lowest BCUT2D eigenvalue weighted by atomic mass is 10.2. The van der Waals surface area contributed by atoms with Crippen LogP contribution < -0.4 is 10.1 Å². The molecule has 2 heterocycles. The molecule has 0 radical (unpaired) electrons. The summed E-state index contributed by atoms with van der Waals surface area (Å²) in [5.41, 5.74) is 1.37. The monoisotopic (exact) mass is 291 g/mol. The Morgan fingerprint density at radius 1 is 1.40 bits per heavy atom. The van der Waals surface area contributed by atoms with E-state index in [-0.39, 0.29) is 5.91 Å². The Kier molecular flexibility index (Phi) is 3.60. The number of ether oxygens (including phenoxy) is 1. The van der Waals surface area contributed by atoms with Gasteiger partial charge < -0.3 is 10.1 Å². The lowest BCUT2D eigenvalue weighted by molar-refractivity contribution is 0.0945. The SMILES string of the molecule is O=C(NCc1ccc(Cl)cc1)c1cc2n(n1)CCCO2. The van der Waals surface area contributed by atoms with E-state index in [1.165, 1.54) is 0 Å². The molecule has 0 spiro atoms. The third-order valence-corrected chi connectivity index (χ3v) is 3.36. The van der Waals surface area contributed by atoms with Gasteiger partial charge in [0.2, 0.25) is 5.88 Å². The number of nitrogens with one attached hydrogen (secondary N) is 1. The van der Waals surface area contributed by atoms with E-state index in [0.29, 0.717) is 29.7 Å². The minimum absolute atomic E-state index is 0.203. The Labute approximate surface area is 121 Å². The Bertz CT molecular complexity index is 598. The van der Waals surface area contributed by atoms with Crippen LogP contribution in [0, 0.1) is 0 Å². The van der Waals surface area contributed by atoms with Gasteiger partial charge in [0.15, 0.2) is 5.69 Å². The van der Waals surface area contributed by atoms with E-state index < -0.39 is 0 Å². The zero-order chi connectivity index (χ0) is 13.9. The fourth-order valence-electron chi connectivity index (χ4n) is 2.05. The molecule has 5 nitrogen and oxygen atoms in total. The van der Waals surface area contributed by atoms with E-state index in [4.69, 9.17) is 16.3 Å². The van der Waals surface area contributed by atoms with Crippen LogP contribution in [0.1, 0.15) is 22.5 Å². The summed E-state index contributed by atoms with van der Waals surface area (Å²) < 4.78 is 7.16. The number of carbonyl (C=O) groups excluding carboxylic acids is 1. The van der Waals surface area contributed by atoms with Crippen molar-refractivity contribution >= 4 is 17.5 Å². The average molecular weight is 292 g/mol. The molecule has 0 saturated heterocycles. The summed E-state index contributed by atoms with van der Waals surface area (Å²) in [6, 6.07) is 9.03. The van der Waals surface area contributed by atoms with Crippen LogP contribution in [0.25, 0.3) is 0 Å². The van der Waals surface area contributed by atoms with Gasteiger partial charge >= 0.3 is 0 Å². The van der Waals surface area contributed by atoms with Gasteiger partial charge in [-0.15, -0.1) is 0 Å². The van der Waals surface area contributed by atoms with Crippen molar-refractivity contribution in [1.82, 2.24) is 15.1 Å². The molecule has 1 aromatic carbocycles. The molecule has 1 N–H and O–H groups in total. The van der Waals surface area contributed by atoms with Crippen molar-refractivity contribution in [3.05, 3.63) is 46.6 Å². The van der Waals surface area contributed by atoms with E-state index in [0.717, 1.165) is 18.5 Å². The van der Waals surface area contributed by atoms with Crippen molar-refractivity contribution in [2.75, 3.05) is 6.61 Å². The molecule has 0 aliphatic carbocycles. The van der Waals surface area contributed by atoms with Crippen LogP contribution in [0.4, 0.5) is 0 Å². The van der Waals surface area contributed by atoms with Gasteiger partial charge in [-0.3, -0.25) is 4.79 Å². The van der Waals surface area contributed by atoms with Crippen LogP contribution in [0.2, 0.25) is 5.02 Å². The van der Waals surface area contributed by atoms with Gasteiger partial charge in [0, 0.05) is 30.6 Å². The number of amides is 1. The summed E-state index contributed by atoms with van der Waals surface area (Å²) in [7, 11) is 0. The van der Waals surface area contributed by atoms with Crippen molar-refractivity contribution in [2.24, 2.45) is 0 Å². The minimum atomic E-state index is -0.203. The average Bonchev–Trinajstić information content (AvgIpc) is 2.90. The lowest BCUT2D eigenvalue weighted by Crippen LogP contribution is -2.23. The molecule has 2 aromatic rings. The number of benzene rings is 1. The molecule has 6 heteroatoms. The highest BCUT2D eigenvalue weighted by atomic mass is 35.5. The quantitative estimate of drug-likeness (QED) is 0.943. The number of hydrogen-bond acceptors (Lipinski definition) is 3. The summed E-state index contributed by atoms with van der Waals surface area (Å²) in [5.74, 6) is 0.457. The van der Waals surface area contributed by atoms with E-state index >= 15 is 0 Å². The highest BCUT2D eigenvalue weighted by molar-refractivity contribution is 6.30. The number of rotatable bonds is 3. The van der Waals surface area contributed by atoms with Crippen LogP contribution in [-0.4, -0.2) is 22.3 Å². The first kappa shape index (κ1) is 13.0. The first-order valence-corrected chi connectivity index (χ1v) is 6.83. The molecule has 0 atom stereocenters. The van der Waals surface area contributed by atoms with Gasteiger partial charge in [-0.05, 0) is 17.7 Å². The zero-order valence-corrected chi connectivity index (χ0v) is 11.6.